The molecule has 5 nitrogen and oxygen atoms in total. The Morgan fingerprint density at radius 2 is 2.15 bits per heavy atom. The molecule has 2 aromatic carbocycles. The van der Waals surface area contributed by atoms with Crippen LogP contribution in [0.1, 0.15) is 17.0 Å². The Bertz CT molecular complexity index is 1180. The molecule has 26 heavy (non-hydrogen) atoms. The summed E-state index contributed by atoms with van der Waals surface area (Å²) in [4.78, 5) is 19.5. The standard InChI is InChI=1S/C21H15N3O2/c1-13-6-7-18-17(8-13)21(25)24-20(23-18)16(11-22)10-14-9-15-4-2-3-5-19(15)26-12-14/h2-10H,12H2,1H3,(H,23,24,25). The van der Waals surface area contributed by atoms with E-state index in [4.69, 9.17) is 4.74 Å². The van der Waals surface area contributed by atoms with Gasteiger partial charge in [-0.25, -0.2) is 4.98 Å². The number of H-pyrrole nitrogens is 1. The summed E-state index contributed by atoms with van der Waals surface area (Å²) in [6.45, 7) is 2.28. The van der Waals surface area contributed by atoms with E-state index in [1.807, 2.05) is 43.3 Å². The molecule has 0 amide bonds. The van der Waals surface area contributed by atoms with Crippen LogP contribution in [0.25, 0.3) is 22.6 Å². The molecule has 0 saturated heterocycles. The lowest BCUT2D eigenvalue weighted by molar-refractivity contribution is 0.351. The van der Waals surface area contributed by atoms with Crippen molar-refractivity contribution in [3.05, 3.63) is 81.4 Å². The van der Waals surface area contributed by atoms with E-state index in [0.717, 1.165) is 22.4 Å². The highest BCUT2D eigenvalue weighted by Crippen LogP contribution is 2.27. The maximum atomic E-state index is 12.4. The van der Waals surface area contributed by atoms with Crippen molar-refractivity contribution >= 4 is 22.6 Å². The summed E-state index contributed by atoms with van der Waals surface area (Å²) in [7, 11) is 0. The predicted octanol–water partition coefficient (Wildman–Crippen LogP) is 3.61. The molecule has 0 atom stereocenters. The van der Waals surface area contributed by atoms with Crippen LogP contribution in [0.2, 0.25) is 0 Å². The molecule has 5 heteroatoms. The number of fused-ring (bicyclic) bond motifs is 2. The quantitative estimate of drug-likeness (QED) is 0.722. The number of aryl methyl sites for hydroxylation is 1. The molecular weight excluding hydrogens is 326 g/mol. The maximum Gasteiger partial charge on any atom is 0.259 e. The maximum absolute atomic E-state index is 12.4. The zero-order valence-electron chi connectivity index (χ0n) is 14.1. The Balaban J connectivity index is 1.79. The summed E-state index contributed by atoms with van der Waals surface area (Å²) >= 11 is 0. The lowest BCUT2D eigenvalue weighted by atomic mass is 10.0. The first-order valence-electron chi connectivity index (χ1n) is 8.19. The molecule has 0 bridgehead atoms. The number of nitrogens with zero attached hydrogens (tertiary/aromatic N) is 2. The van der Waals surface area contributed by atoms with Crippen molar-refractivity contribution in [2.75, 3.05) is 6.61 Å². The van der Waals surface area contributed by atoms with Crippen molar-refractivity contribution in [2.45, 2.75) is 6.92 Å². The number of aromatic nitrogens is 2. The van der Waals surface area contributed by atoms with Crippen molar-refractivity contribution < 1.29 is 4.74 Å². The average molecular weight is 341 g/mol. The van der Waals surface area contributed by atoms with Gasteiger partial charge in [-0.1, -0.05) is 29.8 Å². The van der Waals surface area contributed by atoms with E-state index < -0.39 is 0 Å². The van der Waals surface area contributed by atoms with E-state index in [1.165, 1.54) is 0 Å². The number of hydrogen-bond donors (Lipinski definition) is 1. The van der Waals surface area contributed by atoms with Gasteiger partial charge < -0.3 is 9.72 Å². The number of aromatic amines is 1. The third-order valence-electron chi connectivity index (χ3n) is 4.22. The first-order valence-corrected chi connectivity index (χ1v) is 8.19. The minimum Gasteiger partial charge on any atom is -0.488 e. The molecule has 0 saturated carbocycles. The summed E-state index contributed by atoms with van der Waals surface area (Å²) in [6.07, 6.45) is 3.67. The van der Waals surface area contributed by atoms with E-state index >= 15 is 0 Å². The van der Waals surface area contributed by atoms with Crippen molar-refractivity contribution in [3.63, 3.8) is 0 Å². The van der Waals surface area contributed by atoms with Crippen LogP contribution in [0.5, 0.6) is 5.75 Å². The Morgan fingerprint density at radius 1 is 1.31 bits per heavy atom. The van der Waals surface area contributed by atoms with E-state index in [1.54, 1.807) is 18.2 Å². The molecule has 0 spiro atoms. The lowest BCUT2D eigenvalue weighted by Crippen LogP contribution is -2.12. The van der Waals surface area contributed by atoms with Crippen LogP contribution in [0.15, 0.2) is 58.9 Å². The number of rotatable bonds is 2. The third kappa shape index (κ3) is 2.89. The van der Waals surface area contributed by atoms with Gasteiger partial charge in [0.1, 0.15) is 18.4 Å². The van der Waals surface area contributed by atoms with Crippen LogP contribution in [0.4, 0.5) is 0 Å². The van der Waals surface area contributed by atoms with Crippen molar-refractivity contribution in [3.8, 4) is 11.8 Å². The van der Waals surface area contributed by atoms with Gasteiger partial charge in [-0.3, -0.25) is 4.79 Å². The van der Waals surface area contributed by atoms with E-state index in [9.17, 15) is 10.1 Å². The summed E-state index contributed by atoms with van der Waals surface area (Å²) in [5.74, 6) is 1.07. The summed E-state index contributed by atoms with van der Waals surface area (Å²) in [5.41, 5.74) is 3.38. The molecule has 0 radical (unpaired) electrons. The second kappa shape index (κ2) is 6.34. The van der Waals surface area contributed by atoms with Gasteiger partial charge in [-0.2, -0.15) is 5.26 Å². The van der Waals surface area contributed by atoms with Gasteiger partial charge in [-0.15, -0.1) is 0 Å². The van der Waals surface area contributed by atoms with Gasteiger partial charge in [-0.05, 0) is 42.8 Å². The molecule has 0 aliphatic carbocycles. The average Bonchev–Trinajstić information content (AvgIpc) is 2.66. The Kier molecular flexibility index (Phi) is 3.86. The van der Waals surface area contributed by atoms with Gasteiger partial charge in [0.05, 0.1) is 16.5 Å². The zero-order valence-corrected chi connectivity index (χ0v) is 14.1. The van der Waals surface area contributed by atoms with Crippen LogP contribution in [0, 0.1) is 18.3 Å². The van der Waals surface area contributed by atoms with Crippen LogP contribution in [-0.4, -0.2) is 16.6 Å². The first-order chi connectivity index (χ1) is 12.6. The van der Waals surface area contributed by atoms with Crippen LogP contribution >= 0.6 is 0 Å². The number of nitrogens with one attached hydrogen (secondary N) is 1. The number of ether oxygens (including phenoxy) is 1. The number of allylic oxidation sites excluding steroid dienone is 1. The predicted molar refractivity (Wildman–Crippen MR) is 101 cm³/mol. The molecule has 126 valence electrons. The molecule has 1 aromatic heterocycles. The van der Waals surface area contributed by atoms with E-state index in [-0.39, 0.29) is 11.4 Å². The molecule has 1 aliphatic heterocycles. The number of para-hydroxylation sites is 1. The summed E-state index contributed by atoms with van der Waals surface area (Å²) in [5, 5.41) is 10.1. The number of nitriles is 1. The SMILES string of the molecule is Cc1ccc2nc(C(C#N)=CC3=Cc4ccccc4OC3)[nH]c(=O)c2c1. The Labute approximate surface area is 149 Å². The minimum atomic E-state index is -0.255. The molecule has 0 unspecified atom stereocenters. The highest BCUT2D eigenvalue weighted by molar-refractivity contribution is 5.83. The van der Waals surface area contributed by atoms with Crippen LogP contribution in [-0.2, 0) is 0 Å². The number of hydrogen-bond acceptors (Lipinski definition) is 4. The molecule has 3 aromatic rings. The topological polar surface area (TPSA) is 78.8 Å². The first kappa shape index (κ1) is 15.9. The molecular formula is C21H15N3O2. The second-order valence-corrected chi connectivity index (χ2v) is 6.15. The normalized spacial score (nSPS) is 13.5. The van der Waals surface area contributed by atoms with Crippen LogP contribution < -0.4 is 10.3 Å². The Hall–Kier alpha value is -3.65. The zero-order chi connectivity index (χ0) is 18.1. The van der Waals surface area contributed by atoms with Crippen molar-refractivity contribution in [1.82, 2.24) is 9.97 Å². The fraction of sp³-hybridized carbons (Fsp3) is 0.0952. The fourth-order valence-electron chi connectivity index (χ4n) is 2.94. The molecule has 1 aliphatic rings. The van der Waals surface area contributed by atoms with Crippen molar-refractivity contribution in [2.24, 2.45) is 0 Å². The summed E-state index contributed by atoms with van der Waals surface area (Å²) < 4.78 is 5.71. The van der Waals surface area contributed by atoms with Gasteiger partial charge in [0.2, 0.25) is 0 Å². The molecule has 0 fully saturated rings. The monoisotopic (exact) mass is 341 g/mol. The van der Waals surface area contributed by atoms with Crippen LogP contribution in [0.3, 0.4) is 0 Å². The lowest BCUT2D eigenvalue weighted by Gasteiger charge is -2.16. The van der Waals surface area contributed by atoms with Crippen molar-refractivity contribution in [1.29, 1.82) is 5.26 Å². The fourth-order valence-corrected chi connectivity index (χ4v) is 2.94. The highest BCUT2D eigenvalue weighted by Gasteiger charge is 2.13. The van der Waals surface area contributed by atoms with Gasteiger partial charge in [0.15, 0.2) is 5.82 Å². The van der Waals surface area contributed by atoms with E-state index in [2.05, 4.69) is 16.0 Å². The minimum absolute atomic E-state index is 0.255. The Morgan fingerprint density at radius 3 is 3.00 bits per heavy atom. The highest BCUT2D eigenvalue weighted by atomic mass is 16.5. The summed E-state index contributed by atoms with van der Waals surface area (Å²) in [6, 6.07) is 15.3. The van der Waals surface area contributed by atoms with Gasteiger partial charge in [0.25, 0.3) is 5.56 Å². The van der Waals surface area contributed by atoms with E-state index in [0.29, 0.717) is 23.1 Å². The molecule has 4 rings (SSSR count). The number of benzene rings is 2. The second-order valence-electron chi connectivity index (χ2n) is 6.15. The molecule has 1 N–H and O–H groups in total. The smallest absolute Gasteiger partial charge is 0.259 e. The van der Waals surface area contributed by atoms with Gasteiger partial charge >= 0.3 is 0 Å². The molecule has 2 heterocycles. The largest absolute Gasteiger partial charge is 0.488 e. The third-order valence-corrected chi connectivity index (χ3v) is 4.22. The van der Waals surface area contributed by atoms with Gasteiger partial charge in [0, 0.05) is 5.56 Å².